The van der Waals surface area contributed by atoms with Gasteiger partial charge < -0.3 is 24.7 Å². The maximum Gasteiger partial charge on any atom is 0.224 e. The number of fused-ring (bicyclic) bond motifs is 1. The Morgan fingerprint density at radius 3 is 2.84 bits per heavy atom. The van der Waals surface area contributed by atoms with Crippen LogP contribution in [0.1, 0.15) is 35.8 Å². The fourth-order valence-corrected chi connectivity index (χ4v) is 4.07. The highest BCUT2D eigenvalue weighted by molar-refractivity contribution is 6.00. The molecule has 1 saturated heterocycles. The smallest absolute Gasteiger partial charge is 0.224 e. The summed E-state index contributed by atoms with van der Waals surface area (Å²) in [7, 11) is 1.69. The number of nitrogens with zero attached hydrogens (tertiary/aromatic N) is 1. The summed E-state index contributed by atoms with van der Waals surface area (Å²) >= 11 is 0. The van der Waals surface area contributed by atoms with Crippen molar-refractivity contribution in [1.82, 2.24) is 9.88 Å². The highest BCUT2D eigenvalue weighted by Crippen LogP contribution is 2.25. The zero-order chi connectivity index (χ0) is 18.0. The van der Waals surface area contributed by atoms with E-state index in [1.807, 2.05) is 24.3 Å². The molecule has 1 aromatic carbocycles. The average molecular weight is 343 g/mol. The number of amides is 1. The summed E-state index contributed by atoms with van der Waals surface area (Å²) in [5.74, 6) is -1.39. The van der Waals surface area contributed by atoms with Gasteiger partial charge in [0, 0.05) is 30.8 Å². The van der Waals surface area contributed by atoms with Gasteiger partial charge in [0.1, 0.15) is 6.04 Å². The molecule has 2 unspecified atom stereocenters. The topological polar surface area (TPSA) is 78.6 Å². The van der Waals surface area contributed by atoms with Crippen LogP contribution in [0.25, 0.3) is 10.9 Å². The number of para-hydroxylation sites is 1. The summed E-state index contributed by atoms with van der Waals surface area (Å²) in [6, 6.07) is 7.87. The molecule has 0 spiro atoms. The van der Waals surface area contributed by atoms with E-state index in [1.54, 1.807) is 11.6 Å². The molecular formula is C19H25N3O3. The van der Waals surface area contributed by atoms with E-state index in [0.29, 0.717) is 18.2 Å². The van der Waals surface area contributed by atoms with Crippen LogP contribution in [-0.4, -0.2) is 42.1 Å². The van der Waals surface area contributed by atoms with E-state index in [1.165, 1.54) is 11.3 Å². The van der Waals surface area contributed by atoms with Gasteiger partial charge >= 0.3 is 0 Å². The van der Waals surface area contributed by atoms with Crippen LogP contribution in [0.2, 0.25) is 0 Å². The fraction of sp³-hybridized carbons (Fsp3) is 0.474. The van der Waals surface area contributed by atoms with Gasteiger partial charge in [0.05, 0.1) is 37.7 Å². The van der Waals surface area contributed by atoms with Crippen LogP contribution < -0.4 is 15.3 Å². The highest BCUT2D eigenvalue weighted by atomic mass is 16.4. The Kier molecular flexibility index (Phi) is 5.08. The summed E-state index contributed by atoms with van der Waals surface area (Å²) in [6.07, 6.45) is 2.38. The molecule has 1 aliphatic rings. The zero-order valence-corrected chi connectivity index (χ0v) is 14.8. The molecule has 2 aromatic rings. The quantitative estimate of drug-likeness (QED) is 0.726. The van der Waals surface area contributed by atoms with Gasteiger partial charge in [-0.05, 0) is 18.6 Å². The van der Waals surface area contributed by atoms with E-state index < -0.39 is 5.97 Å². The first-order chi connectivity index (χ1) is 12.0. The molecule has 0 saturated carbocycles. The van der Waals surface area contributed by atoms with Gasteiger partial charge in [-0.15, -0.1) is 0 Å². The number of carboxylic acids is 1. The number of likely N-dealkylation sites (tertiary alicyclic amines) is 1. The van der Waals surface area contributed by atoms with E-state index in [0.717, 1.165) is 30.4 Å². The van der Waals surface area contributed by atoms with Gasteiger partial charge in [-0.1, -0.05) is 18.2 Å². The predicted octanol–water partition coefficient (Wildman–Crippen LogP) is -0.732. The third-order valence-corrected chi connectivity index (χ3v) is 5.37. The number of aromatic nitrogens is 1. The Hall–Kier alpha value is -2.34. The average Bonchev–Trinajstić information content (AvgIpc) is 3.16. The number of quaternary nitrogens is 1. The summed E-state index contributed by atoms with van der Waals surface area (Å²) in [6.45, 7) is 5.04. The molecule has 25 heavy (non-hydrogen) atoms. The van der Waals surface area contributed by atoms with Gasteiger partial charge in [-0.25, -0.2) is 0 Å². The Labute approximate surface area is 147 Å². The molecule has 0 radical (unpaired) electrons. The third-order valence-electron chi connectivity index (χ3n) is 5.37. The van der Waals surface area contributed by atoms with Crippen LogP contribution >= 0.6 is 0 Å². The third kappa shape index (κ3) is 3.39. The summed E-state index contributed by atoms with van der Waals surface area (Å²) in [5.41, 5.74) is 1.40. The van der Waals surface area contributed by atoms with Crippen LogP contribution in [0.5, 0.6) is 0 Å². The van der Waals surface area contributed by atoms with Crippen molar-refractivity contribution in [2.75, 3.05) is 19.6 Å². The van der Waals surface area contributed by atoms with Crippen molar-refractivity contribution in [1.29, 1.82) is 0 Å². The number of rotatable bonds is 6. The molecular weight excluding hydrogens is 318 g/mol. The lowest BCUT2D eigenvalue weighted by atomic mass is 10.1. The van der Waals surface area contributed by atoms with Crippen molar-refractivity contribution in [2.45, 2.75) is 32.2 Å². The van der Waals surface area contributed by atoms with Gasteiger partial charge in [-0.3, -0.25) is 4.79 Å². The van der Waals surface area contributed by atoms with Crippen molar-refractivity contribution >= 4 is 22.8 Å². The molecule has 1 amide bonds. The minimum atomic E-state index is -1.25. The minimum Gasteiger partial charge on any atom is -0.543 e. The van der Waals surface area contributed by atoms with Crippen molar-refractivity contribution in [3.05, 3.63) is 35.5 Å². The summed E-state index contributed by atoms with van der Waals surface area (Å²) in [5, 5.41) is 15.4. The lowest BCUT2D eigenvalue weighted by Crippen LogP contribution is -3.14. The zero-order valence-electron chi connectivity index (χ0n) is 14.8. The maximum absolute atomic E-state index is 12.4. The van der Waals surface area contributed by atoms with Crippen LogP contribution in [-0.2, 0) is 18.3 Å². The van der Waals surface area contributed by atoms with Gasteiger partial charge in [0.15, 0.2) is 0 Å². The van der Waals surface area contributed by atoms with E-state index >= 15 is 0 Å². The number of aryl methyl sites for hydroxylation is 1. The van der Waals surface area contributed by atoms with Gasteiger partial charge in [0.2, 0.25) is 5.91 Å². The van der Waals surface area contributed by atoms with E-state index in [2.05, 4.69) is 12.2 Å². The molecule has 0 bridgehead atoms. The number of carbonyl (C=O) groups is 2. The number of hydrogen-bond acceptors (Lipinski definition) is 3. The Balaban J connectivity index is 1.77. The van der Waals surface area contributed by atoms with Crippen molar-refractivity contribution < 1.29 is 19.6 Å². The van der Waals surface area contributed by atoms with Crippen LogP contribution in [0.3, 0.4) is 0 Å². The maximum atomic E-state index is 12.4. The molecule has 6 nitrogen and oxygen atoms in total. The molecule has 0 aliphatic carbocycles. The molecule has 2 atom stereocenters. The lowest BCUT2D eigenvalue weighted by Gasteiger charge is -2.20. The number of benzene rings is 1. The minimum absolute atomic E-state index is 0.0544. The molecule has 1 fully saturated rings. The largest absolute Gasteiger partial charge is 0.543 e. The van der Waals surface area contributed by atoms with E-state index in [-0.39, 0.29) is 18.0 Å². The Bertz CT molecular complexity index is 797. The number of carboxylic acid groups (broad SMARTS) is 1. The number of likely N-dealkylation sites (N-methyl/N-ethyl adjacent to an activating group) is 1. The first-order valence-corrected chi connectivity index (χ1v) is 8.91. The molecule has 1 aromatic heterocycles. The second-order valence-electron chi connectivity index (χ2n) is 6.77. The monoisotopic (exact) mass is 343 g/mol. The lowest BCUT2D eigenvalue weighted by molar-refractivity contribution is -0.909. The highest BCUT2D eigenvalue weighted by Gasteiger charge is 2.27. The van der Waals surface area contributed by atoms with Gasteiger partial charge in [0.25, 0.3) is 0 Å². The SMILES string of the molecule is CC[NH+]1CCCC1CNC(=O)Cc1c(C(=O)[O-])n(C)c2ccccc12. The van der Waals surface area contributed by atoms with Crippen LogP contribution in [0, 0.1) is 0 Å². The summed E-state index contributed by atoms with van der Waals surface area (Å²) in [4.78, 5) is 25.6. The fourth-order valence-electron chi connectivity index (χ4n) is 4.07. The molecule has 3 rings (SSSR count). The van der Waals surface area contributed by atoms with Crippen molar-refractivity contribution in [3.63, 3.8) is 0 Å². The van der Waals surface area contributed by atoms with Crippen LogP contribution in [0.15, 0.2) is 24.3 Å². The van der Waals surface area contributed by atoms with Crippen LogP contribution in [0.4, 0.5) is 0 Å². The van der Waals surface area contributed by atoms with Crippen molar-refractivity contribution in [2.24, 2.45) is 7.05 Å². The predicted molar refractivity (Wildman–Crippen MR) is 93.4 cm³/mol. The normalized spacial score (nSPS) is 20.1. The first kappa shape index (κ1) is 17.5. The summed E-state index contributed by atoms with van der Waals surface area (Å²) < 4.78 is 1.59. The number of carbonyl (C=O) groups excluding carboxylic acids is 2. The number of aromatic carboxylic acids is 1. The molecule has 2 N–H and O–H groups in total. The Morgan fingerprint density at radius 1 is 1.36 bits per heavy atom. The van der Waals surface area contributed by atoms with E-state index in [9.17, 15) is 14.7 Å². The number of nitrogens with one attached hydrogen (secondary N) is 2. The standard InChI is InChI=1S/C19H25N3O3/c1-3-22-10-6-7-13(22)12-20-17(23)11-15-14-8-4-5-9-16(14)21(2)18(15)19(24)25/h4-5,8-9,13H,3,6-7,10-12H2,1-2H3,(H,20,23)(H,24,25). The molecule has 1 aliphatic heterocycles. The second-order valence-corrected chi connectivity index (χ2v) is 6.77. The van der Waals surface area contributed by atoms with E-state index in [4.69, 9.17) is 0 Å². The molecule has 6 heteroatoms. The molecule has 2 heterocycles. The van der Waals surface area contributed by atoms with Crippen molar-refractivity contribution in [3.8, 4) is 0 Å². The first-order valence-electron chi connectivity index (χ1n) is 8.91. The Morgan fingerprint density at radius 2 is 2.12 bits per heavy atom. The van der Waals surface area contributed by atoms with Gasteiger partial charge in [-0.2, -0.15) is 0 Å². The molecule has 134 valence electrons. The second kappa shape index (κ2) is 7.27. The number of hydrogen-bond donors (Lipinski definition) is 2.